The highest BCUT2D eigenvalue weighted by Crippen LogP contribution is 2.23. The topological polar surface area (TPSA) is 98.8 Å². The van der Waals surface area contributed by atoms with Crippen LogP contribution in [0.2, 0.25) is 0 Å². The molecule has 0 spiro atoms. The highest BCUT2D eigenvalue weighted by atomic mass is 32.2. The Morgan fingerprint density at radius 1 is 1.04 bits per heavy atom. The van der Waals surface area contributed by atoms with Crippen LogP contribution in [0.4, 0.5) is 0 Å². The van der Waals surface area contributed by atoms with Gasteiger partial charge >= 0.3 is 16.1 Å². The quantitative estimate of drug-likeness (QED) is 0.535. The van der Waals surface area contributed by atoms with Gasteiger partial charge in [-0.15, -0.1) is 0 Å². The molecular weight excluding hydrogens is 382 g/mol. The van der Waals surface area contributed by atoms with Crippen molar-refractivity contribution in [1.29, 1.82) is 0 Å². The molecule has 0 aliphatic carbocycles. The summed E-state index contributed by atoms with van der Waals surface area (Å²) in [7, 11) is -3.96. The predicted molar refractivity (Wildman–Crippen MR) is 103 cm³/mol. The van der Waals surface area contributed by atoms with Crippen molar-refractivity contribution in [3.8, 4) is 5.75 Å². The third kappa shape index (κ3) is 5.82. The first-order valence-corrected chi connectivity index (χ1v) is 10.2. The largest absolute Gasteiger partial charge is 0.465 e. The fraction of sp³-hybridized carbons (Fsp3) is 0.300. The van der Waals surface area contributed by atoms with E-state index in [2.05, 4.69) is 5.32 Å². The van der Waals surface area contributed by atoms with Crippen LogP contribution in [0.5, 0.6) is 5.75 Å². The van der Waals surface area contributed by atoms with E-state index in [4.69, 9.17) is 8.92 Å². The number of amides is 1. The lowest BCUT2D eigenvalue weighted by molar-refractivity contribution is -0.144. The van der Waals surface area contributed by atoms with E-state index in [-0.39, 0.29) is 29.7 Å². The number of carbonyl (C=O) groups excluding carboxylic acids is 2. The van der Waals surface area contributed by atoms with Gasteiger partial charge in [-0.3, -0.25) is 9.59 Å². The van der Waals surface area contributed by atoms with Crippen LogP contribution in [0.25, 0.3) is 0 Å². The van der Waals surface area contributed by atoms with Crippen molar-refractivity contribution in [3.05, 3.63) is 59.7 Å². The molecule has 0 saturated carbocycles. The number of ether oxygens (including phenoxy) is 1. The van der Waals surface area contributed by atoms with E-state index in [1.54, 1.807) is 31.2 Å². The number of carbonyl (C=O) groups is 2. The predicted octanol–water partition coefficient (Wildman–Crippen LogP) is 2.55. The second-order valence-corrected chi connectivity index (χ2v) is 7.71. The molecule has 8 heteroatoms. The molecule has 1 N–H and O–H groups in total. The molecular formula is C20H23NO6S. The lowest BCUT2D eigenvalue weighted by atomic mass is 9.99. The maximum atomic E-state index is 12.4. The molecule has 0 saturated heterocycles. The van der Waals surface area contributed by atoms with Gasteiger partial charge in [0, 0.05) is 13.5 Å². The minimum atomic E-state index is -3.96. The van der Waals surface area contributed by atoms with E-state index in [1.165, 1.54) is 31.2 Å². The maximum absolute atomic E-state index is 12.4. The highest BCUT2D eigenvalue weighted by Gasteiger charge is 2.23. The van der Waals surface area contributed by atoms with Crippen molar-refractivity contribution >= 4 is 22.0 Å². The van der Waals surface area contributed by atoms with Gasteiger partial charge in [-0.1, -0.05) is 29.8 Å². The minimum Gasteiger partial charge on any atom is -0.465 e. The first kappa shape index (κ1) is 21.4. The van der Waals surface area contributed by atoms with Crippen LogP contribution in [0.3, 0.4) is 0 Å². The summed E-state index contributed by atoms with van der Waals surface area (Å²) in [5, 5.41) is 2.60. The first-order valence-electron chi connectivity index (χ1n) is 8.75. The molecule has 1 atom stereocenters. The van der Waals surface area contributed by atoms with Crippen LogP contribution in [-0.2, 0) is 24.4 Å². The Bertz CT molecular complexity index is 920. The van der Waals surface area contributed by atoms with Gasteiger partial charge in [-0.25, -0.2) is 0 Å². The lowest BCUT2D eigenvalue weighted by Gasteiger charge is -2.16. The summed E-state index contributed by atoms with van der Waals surface area (Å²) < 4.78 is 34.9. The molecule has 1 amide bonds. The number of aryl methyl sites for hydroxylation is 1. The monoisotopic (exact) mass is 405 g/mol. The molecule has 0 aliphatic heterocycles. The second kappa shape index (κ2) is 9.36. The molecule has 0 radical (unpaired) electrons. The zero-order chi connectivity index (χ0) is 20.7. The first-order chi connectivity index (χ1) is 13.2. The molecule has 0 bridgehead atoms. The fourth-order valence-electron chi connectivity index (χ4n) is 2.46. The molecule has 0 aromatic heterocycles. The van der Waals surface area contributed by atoms with Crippen LogP contribution in [0, 0.1) is 6.92 Å². The Hall–Kier alpha value is -2.87. The third-order valence-electron chi connectivity index (χ3n) is 3.92. The maximum Gasteiger partial charge on any atom is 0.339 e. The third-order valence-corrected chi connectivity index (χ3v) is 5.19. The second-order valence-electron chi connectivity index (χ2n) is 6.16. The average molecular weight is 405 g/mol. The van der Waals surface area contributed by atoms with E-state index >= 15 is 0 Å². The number of hydrogen-bond donors (Lipinski definition) is 1. The Morgan fingerprint density at radius 2 is 1.64 bits per heavy atom. The van der Waals surface area contributed by atoms with Crippen molar-refractivity contribution < 1.29 is 26.9 Å². The van der Waals surface area contributed by atoms with E-state index in [1.807, 2.05) is 6.92 Å². The fourth-order valence-corrected chi connectivity index (χ4v) is 3.39. The Balaban J connectivity index is 2.18. The van der Waals surface area contributed by atoms with Crippen LogP contribution >= 0.6 is 0 Å². The molecule has 0 aliphatic rings. The molecule has 0 fully saturated rings. The van der Waals surface area contributed by atoms with Gasteiger partial charge in [-0.2, -0.15) is 8.42 Å². The van der Waals surface area contributed by atoms with Gasteiger partial charge in [0.1, 0.15) is 10.6 Å². The van der Waals surface area contributed by atoms with Crippen LogP contribution in [-0.4, -0.2) is 33.4 Å². The minimum absolute atomic E-state index is 0.0530. The molecule has 2 aromatic carbocycles. The normalized spacial score (nSPS) is 12.1. The average Bonchev–Trinajstić information content (AvgIpc) is 2.63. The van der Waals surface area contributed by atoms with Gasteiger partial charge in [0.05, 0.1) is 12.5 Å². The van der Waals surface area contributed by atoms with Crippen molar-refractivity contribution in [2.75, 3.05) is 13.2 Å². The molecule has 150 valence electrons. The smallest absolute Gasteiger partial charge is 0.339 e. The zero-order valence-electron chi connectivity index (χ0n) is 16.0. The Kier molecular flexibility index (Phi) is 7.17. The van der Waals surface area contributed by atoms with E-state index in [9.17, 15) is 18.0 Å². The zero-order valence-corrected chi connectivity index (χ0v) is 16.8. The summed E-state index contributed by atoms with van der Waals surface area (Å²) in [4.78, 5) is 23.4. The van der Waals surface area contributed by atoms with E-state index in [0.717, 1.165) is 5.56 Å². The van der Waals surface area contributed by atoms with E-state index < -0.39 is 22.0 Å². The molecule has 0 heterocycles. The summed E-state index contributed by atoms with van der Waals surface area (Å²) >= 11 is 0. The highest BCUT2D eigenvalue weighted by molar-refractivity contribution is 7.87. The molecule has 1 unspecified atom stereocenters. The van der Waals surface area contributed by atoms with Gasteiger partial charge < -0.3 is 14.2 Å². The van der Waals surface area contributed by atoms with Gasteiger partial charge in [-0.05, 0) is 43.7 Å². The SMILES string of the molecule is CCOC(=O)C(CNC(C)=O)c1ccc(OS(=O)(=O)c2ccc(C)cc2)cc1. The van der Waals surface area contributed by atoms with E-state index in [0.29, 0.717) is 5.56 Å². The van der Waals surface area contributed by atoms with Crippen molar-refractivity contribution in [2.45, 2.75) is 31.6 Å². The summed E-state index contributed by atoms with van der Waals surface area (Å²) in [5.41, 5.74) is 1.51. The number of rotatable bonds is 8. The summed E-state index contributed by atoms with van der Waals surface area (Å²) in [6.45, 7) is 5.20. The molecule has 2 rings (SSSR count). The van der Waals surface area contributed by atoms with Gasteiger partial charge in [0.25, 0.3) is 0 Å². The lowest BCUT2D eigenvalue weighted by Crippen LogP contribution is -2.31. The molecule has 2 aromatic rings. The standard InChI is InChI=1S/C20H23NO6S/c1-4-26-20(23)19(13-21-15(3)22)16-7-9-17(10-8-16)27-28(24,25)18-11-5-14(2)6-12-18/h5-12,19H,4,13H2,1-3H3,(H,21,22). The molecule has 28 heavy (non-hydrogen) atoms. The van der Waals surface area contributed by atoms with Crippen molar-refractivity contribution in [3.63, 3.8) is 0 Å². The number of nitrogens with one attached hydrogen (secondary N) is 1. The number of esters is 1. The summed E-state index contributed by atoms with van der Waals surface area (Å²) in [6, 6.07) is 12.4. The van der Waals surface area contributed by atoms with Crippen molar-refractivity contribution in [2.24, 2.45) is 0 Å². The molecule has 7 nitrogen and oxygen atoms in total. The van der Waals surface area contributed by atoms with Gasteiger partial charge in [0.2, 0.25) is 5.91 Å². The van der Waals surface area contributed by atoms with Gasteiger partial charge in [0.15, 0.2) is 0 Å². The number of hydrogen-bond acceptors (Lipinski definition) is 6. The Morgan fingerprint density at radius 3 is 2.18 bits per heavy atom. The Labute approximate surface area is 164 Å². The van der Waals surface area contributed by atoms with Crippen molar-refractivity contribution in [1.82, 2.24) is 5.32 Å². The van der Waals surface area contributed by atoms with Crippen LogP contribution in [0.15, 0.2) is 53.4 Å². The summed E-state index contributed by atoms with van der Waals surface area (Å²) in [6.07, 6.45) is 0. The summed E-state index contributed by atoms with van der Waals surface area (Å²) in [5.74, 6) is -1.33. The number of benzene rings is 2. The van der Waals surface area contributed by atoms with Crippen LogP contribution < -0.4 is 9.50 Å². The van der Waals surface area contributed by atoms with Crippen LogP contribution in [0.1, 0.15) is 30.9 Å².